The molecule has 2 aromatic rings. The molecule has 2 fully saturated rings. The monoisotopic (exact) mass is 406 g/mol. The number of rotatable bonds is 6. The minimum Gasteiger partial charge on any atom is -0.380 e. The van der Waals surface area contributed by atoms with Crippen LogP contribution in [-0.4, -0.2) is 35.9 Å². The molecule has 1 aliphatic heterocycles. The van der Waals surface area contributed by atoms with Crippen LogP contribution in [0.1, 0.15) is 53.6 Å². The Kier molecular flexibility index (Phi) is 6.48. The highest BCUT2D eigenvalue weighted by atomic mass is 16.5. The molecule has 1 N–H and O–H groups in total. The van der Waals surface area contributed by atoms with Crippen LogP contribution in [0.3, 0.4) is 0 Å². The van der Waals surface area contributed by atoms with Crippen LogP contribution in [-0.2, 0) is 22.7 Å². The quantitative estimate of drug-likeness (QED) is 0.791. The number of benzene rings is 2. The maximum absolute atomic E-state index is 13.3. The lowest BCUT2D eigenvalue weighted by atomic mass is 9.84. The topological polar surface area (TPSA) is 58.6 Å². The molecule has 2 aromatic carbocycles. The van der Waals surface area contributed by atoms with E-state index in [4.69, 9.17) is 4.74 Å². The van der Waals surface area contributed by atoms with Gasteiger partial charge < -0.3 is 15.0 Å². The van der Waals surface area contributed by atoms with Crippen LogP contribution >= 0.6 is 0 Å². The molecule has 0 aromatic heterocycles. The van der Waals surface area contributed by atoms with Gasteiger partial charge >= 0.3 is 0 Å². The number of nitrogens with one attached hydrogen (secondary N) is 1. The van der Waals surface area contributed by atoms with Crippen LogP contribution in [0, 0.1) is 5.92 Å². The van der Waals surface area contributed by atoms with Crippen molar-refractivity contribution in [3.8, 4) is 0 Å². The van der Waals surface area contributed by atoms with Crippen molar-refractivity contribution in [1.29, 1.82) is 0 Å². The van der Waals surface area contributed by atoms with Gasteiger partial charge in [0.25, 0.3) is 5.91 Å². The summed E-state index contributed by atoms with van der Waals surface area (Å²) in [5, 5.41) is 3.07. The number of fused-ring (bicyclic) bond motifs is 1. The number of amides is 2. The van der Waals surface area contributed by atoms with E-state index in [1.165, 1.54) is 6.42 Å². The third kappa shape index (κ3) is 4.41. The fraction of sp³-hybridized carbons (Fsp3) is 0.440. The lowest BCUT2D eigenvalue weighted by Gasteiger charge is -2.33. The number of hydrogen-bond acceptors (Lipinski definition) is 3. The maximum atomic E-state index is 13.3. The second kappa shape index (κ2) is 9.43. The molecular formula is C25H30N2O3. The predicted molar refractivity (Wildman–Crippen MR) is 116 cm³/mol. The van der Waals surface area contributed by atoms with Gasteiger partial charge in [-0.15, -0.1) is 0 Å². The molecule has 30 heavy (non-hydrogen) atoms. The summed E-state index contributed by atoms with van der Waals surface area (Å²) in [7, 11) is 1.68. The smallest absolute Gasteiger partial charge is 0.254 e. The zero-order chi connectivity index (χ0) is 20.9. The third-order valence-corrected chi connectivity index (χ3v) is 6.45. The highest BCUT2D eigenvalue weighted by Gasteiger charge is 2.47. The summed E-state index contributed by atoms with van der Waals surface area (Å²) in [6.45, 7) is 1.04. The van der Waals surface area contributed by atoms with Gasteiger partial charge in [0.1, 0.15) is 6.04 Å². The van der Waals surface area contributed by atoms with Crippen LogP contribution in [0.2, 0.25) is 0 Å². The summed E-state index contributed by atoms with van der Waals surface area (Å²) in [5.74, 6) is 0.360. The molecule has 2 amide bonds. The highest BCUT2D eigenvalue weighted by molar-refractivity contribution is 5.98. The Bertz CT molecular complexity index is 866. The summed E-state index contributed by atoms with van der Waals surface area (Å²) in [6, 6.07) is 17.2. The Labute approximate surface area is 178 Å². The van der Waals surface area contributed by atoms with E-state index in [-0.39, 0.29) is 17.9 Å². The first-order chi connectivity index (χ1) is 14.7. The molecule has 1 aliphatic carbocycles. The highest BCUT2D eigenvalue weighted by Crippen LogP contribution is 2.40. The second-order valence-electron chi connectivity index (χ2n) is 8.41. The van der Waals surface area contributed by atoms with Gasteiger partial charge in [0.05, 0.1) is 6.61 Å². The fourth-order valence-electron chi connectivity index (χ4n) is 4.94. The summed E-state index contributed by atoms with van der Waals surface area (Å²) in [6.07, 6.45) is 5.18. The minimum absolute atomic E-state index is 0.0194. The Morgan fingerprint density at radius 1 is 1.00 bits per heavy atom. The number of methoxy groups -OCH3 is 1. The van der Waals surface area contributed by atoms with Gasteiger partial charge in [0.15, 0.2) is 0 Å². The van der Waals surface area contributed by atoms with E-state index >= 15 is 0 Å². The molecular weight excluding hydrogens is 376 g/mol. The van der Waals surface area contributed by atoms with Crippen molar-refractivity contribution in [1.82, 2.24) is 10.2 Å². The molecule has 3 atom stereocenters. The molecule has 0 bridgehead atoms. The van der Waals surface area contributed by atoms with Gasteiger partial charge in [-0.1, -0.05) is 55.3 Å². The molecule has 158 valence electrons. The molecule has 1 heterocycles. The van der Waals surface area contributed by atoms with Gasteiger partial charge in [0.2, 0.25) is 5.91 Å². The standard InChI is InChI=1S/C25H30N2O3/c1-30-17-19-13-11-18(12-14-19)16-26-24(28)23-15-21-9-5-6-10-22(21)27(23)25(29)20-7-3-2-4-8-20/h2-4,7-8,11-14,21-23H,5-6,9-10,15-17H2,1H3,(H,26,28). The molecule has 2 aliphatic rings. The van der Waals surface area contributed by atoms with E-state index in [0.717, 1.165) is 36.8 Å². The molecule has 5 heteroatoms. The van der Waals surface area contributed by atoms with Gasteiger partial charge in [0, 0.05) is 25.3 Å². The molecule has 0 spiro atoms. The van der Waals surface area contributed by atoms with Crippen molar-refractivity contribution < 1.29 is 14.3 Å². The molecule has 3 unspecified atom stereocenters. The number of carbonyl (C=O) groups excluding carboxylic acids is 2. The van der Waals surface area contributed by atoms with Gasteiger partial charge in [-0.25, -0.2) is 0 Å². The van der Waals surface area contributed by atoms with Crippen molar-refractivity contribution in [3.05, 3.63) is 71.3 Å². The van der Waals surface area contributed by atoms with Crippen LogP contribution in [0.4, 0.5) is 0 Å². The van der Waals surface area contributed by atoms with Gasteiger partial charge in [-0.3, -0.25) is 9.59 Å². The first kappa shape index (κ1) is 20.6. The lowest BCUT2D eigenvalue weighted by Crippen LogP contribution is -2.49. The second-order valence-corrected chi connectivity index (χ2v) is 8.41. The number of carbonyl (C=O) groups is 2. The largest absolute Gasteiger partial charge is 0.380 e. The summed E-state index contributed by atoms with van der Waals surface area (Å²) >= 11 is 0. The molecule has 1 saturated heterocycles. The van der Waals surface area contributed by atoms with Crippen LogP contribution in [0.25, 0.3) is 0 Å². The SMILES string of the molecule is COCc1ccc(CNC(=O)C2CC3CCCCC3N2C(=O)c2ccccc2)cc1. The maximum Gasteiger partial charge on any atom is 0.254 e. The van der Waals surface area contributed by atoms with Crippen LogP contribution in [0.5, 0.6) is 0 Å². The average Bonchev–Trinajstić information content (AvgIpc) is 3.18. The van der Waals surface area contributed by atoms with Crippen molar-refractivity contribution in [2.45, 2.75) is 57.3 Å². The minimum atomic E-state index is -0.390. The van der Waals surface area contributed by atoms with E-state index in [9.17, 15) is 9.59 Å². The first-order valence-corrected chi connectivity index (χ1v) is 10.9. The molecule has 0 radical (unpaired) electrons. The summed E-state index contributed by atoms with van der Waals surface area (Å²) < 4.78 is 5.14. The Balaban J connectivity index is 1.47. The van der Waals surface area contributed by atoms with Crippen LogP contribution < -0.4 is 5.32 Å². The first-order valence-electron chi connectivity index (χ1n) is 10.9. The van der Waals surface area contributed by atoms with E-state index in [0.29, 0.717) is 24.6 Å². The normalized spacial score (nSPS) is 23.1. The van der Waals surface area contributed by atoms with E-state index in [1.807, 2.05) is 59.5 Å². The predicted octanol–water partition coefficient (Wildman–Crippen LogP) is 3.92. The van der Waals surface area contributed by atoms with E-state index < -0.39 is 6.04 Å². The van der Waals surface area contributed by atoms with Gasteiger partial charge in [-0.2, -0.15) is 0 Å². The van der Waals surface area contributed by atoms with Gasteiger partial charge in [-0.05, 0) is 48.4 Å². The van der Waals surface area contributed by atoms with Crippen molar-refractivity contribution in [2.24, 2.45) is 5.92 Å². The number of hydrogen-bond donors (Lipinski definition) is 1. The molecule has 4 rings (SSSR count). The van der Waals surface area contributed by atoms with Crippen molar-refractivity contribution in [3.63, 3.8) is 0 Å². The Morgan fingerprint density at radius 2 is 1.70 bits per heavy atom. The molecule has 5 nitrogen and oxygen atoms in total. The Hall–Kier alpha value is -2.66. The van der Waals surface area contributed by atoms with Crippen molar-refractivity contribution in [2.75, 3.05) is 7.11 Å². The molecule has 1 saturated carbocycles. The average molecular weight is 407 g/mol. The number of nitrogens with zero attached hydrogens (tertiary/aromatic N) is 1. The summed E-state index contributed by atoms with van der Waals surface area (Å²) in [4.78, 5) is 28.4. The van der Waals surface area contributed by atoms with E-state index in [1.54, 1.807) is 7.11 Å². The van der Waals surface area contributed by atoms with Crippen LogP contribution in [0.15, 0.2) is 54.6 Å². The third-order valence-electron chi connectivity index (χ3n) is 6.45. The zero-order valence-corrected chi connectivity index (χ0v) is 17.5. The van der Waals surface area contributed by atoms with E-state index in [2.05, 4.69) is 5.32 Å². The Morgan fingerprint density at radius 3 is 2.43 bits per heavy atom. The van der Waals surface area contributed by atoms with Crippen molar-refractivity contribution >= 4 is 11.8 Å². The zero-order valence-electron chi connectivity index (χ0n) is 17.5. The lowest BCUT2D eigenvalue weighted by molar-refractivity contribution is -0.125. The summed E-state index contributed by atoms with van der Waals surface area (Å²) in [5.41, 5.74) is 2.81. The number of ether oxygens (including phenoxy) is 1. The number of likely N-dealkylation sites (tertiary alicyclic amines) is 1. The fourth-order valence-corrected chi connectivity index (χ4v) is 4.94.